The van der Waals surface area contributed by atoms with E-state index >= 15 is 0 Å². The van der Waals surface area contributed by atoms with E-state index in [9.17, 15) is 14.0 Å². The van der Waals surface area contributed by atoms with Gasteiger partial charge in [-0.15, -0.1) is 0 Å². The summed E-state index contributed by atoms with van der Waals surface area (Å²) >= 11 is 0. The Morgan fingerprint density at radius 3 is 2.26 bits per heavy atom. The summed E-state index contributed by atoms with van der Waals surface area (Å²) in [5.41, 5.74) is 1.34. The minimum absolute atomic E-state index is 0.0879. The lowest BCUT2D eigenvalue weighted by Crippen LogP contribution is -2.49. The topological polar surface area (TPSA) is 59.1 Å². The van der Waals surface area contributed by atoms with E-state index in [2.05, 4.69) is 0 Å². The highest BCUT2D eigenvalue weighted by atomic mass is 19.1. The van der Waals surface area contributed by atoms with Crippen LogP contribution in [0, 0.1) is 5.82 Å². The highest BCUT2D eigenvalue weighted by molar-refractivity contribution is 5.95. The summed E-state index contributed by atoms with van der Waals surface area (Å²) in [7, 11) is 0. The van der Waals surface area contributed by atoms with E-state index in [0.717, 1.165) is 6.42 Å². The smallest absolute Gasteiger partial charge is 0.254 e. The highest BCUT2D eigenvalue weighted by Crippen LogP contribution is 2.30. The normalized spacial score (nSPS) is 13.8. The van der Waals surface area contributed by atoms with Crippen molar-refractivity contribution in [3.05, 3.63) is 53.3 Å². The van der Waals surface area contributed by atoms with Crippen LogP contribution in [0.3, 0.4) is 0 Å². The van der Waals surface area contributed by atoms with Gasteiger partial charge < -0.3 is 19.3 Å². The van der Waals surface area contributed by atoms with Gasteiger partial charge in [-0.05, 0) is 56.7 Å². The minimum atomic E-state index is -0.420. The van der Waals surface area contributed by atoms with Crippen LogP contribution in [0.2, 0.25) is 0 Å². The lowest BCUT2D eigenvalue weighted by Gasteiger charge is -2.36. The molecule has 0 saturated carbocycles. The number of ketones is 1. The highest BCUT2D eigenvalue weighted by Gasteiger charge is 2.25. The molecule has 0 N–H and O–H groups in total. The SMILES string of the molecule is CCCOc1ccc(C(=O)N2CCN(c3ccc(C(C)=O)cc3F)CC2)cc1OCC. The van der Waals surface area contributed by atoms with Crippen molar-refractivity contribution < 1.29 is 23.5 Å². The fourth-order valence-corrected chi connectivity index (χ4v) is 3.56. The molecule has 0 radical (unpaired) electrons. The second kappa shape index (κ2) is 10.3. The lowest BCUT2D eigenvalue weighted by atomic mass is 10.1. The first kappa shape index (κ1) is 22.6. The third-order valence-electron chi connectivity index (χ3n) is 5.21. The molecule has 7 heteroatoms. The number of hydrogen-bond donors (Lipinski definition) is 0. The number of anilines is 1. The molecule has 6 nitrogen and oxygen atoms in total. The van der Waals surface area contributed by atoms with Crippen LogP contribution in [0.15, 0.2) is 36.4 Å². The summed E-state index contributed by atoms with van der Waals surface area (Å²) in [6.45, 7) is 8.37. The Balaban J connectivity index is 1.67. The summed E-state index contributed by atoms with van der Waals surface area (Å²) in [6, 6.07) is 9.79. The lowest BCUT2D eigenvalue weighted by molar-refractivity contribution is 0.0745. The van der Waals surface area contributed by atoms with Gasteiger partial charge in [0.2, 0.25) is 0 Å². The second-order valence-corrected chi connectivity index (χ2v) is 7.44. The van der Waals surface area contributed by atoms with Gasteiger partial charge in [0.05, 0.1) is 18.9 Å². The number of carbonyl (C=O) groups is 2. The molecule has 0 aliphatic carbocycles. The van der Waals surface area contributed by atoms with Crippen LogP contribution in [0.4, 0.5) is 10.1 Å². The van der Waals surface area contributed by atoms with Crippen molar-refractivity contribution in [1.29, 1.82) is 0 Å². The first-order valence-electron chi connectivity index (χ1n) is 10.7. The number of hydrogen-bond acceptors (Lipinski definition) is 5. The predicted molar refractivity (Wildman–Crippen MR) is 118 cm³/mol. The molecule has 1 fully saturated rings. The molecule has 0 bridgehead atoms. The quantitative estimate of drug-likeness (QED) is 0.591. The third-order valence-corrected chi connectivity index (χ3v) is 5.21. The van der Waals surface area contributed by atoms with E-state index < -0.39 is 5.82 Å². The fraction of sp³-hybridized carbons (Fsp3) is 0.417. The number of benzene rings is 2. The van der Waals surface area contributed by atoms with Crippen molar-refractivity contribution in [3.63, 3.8) is 0 Å². The average Bonchev–Trinajstić information content (AvgIpc) is 2.78. The van der Waals surface area contributed by atoms with Gasteiger partial charge in [0.15, 0.2) is 17.3 Å². The maximum atomic E-state index is 14.5. The van der Waals surface area contributed by atoms with Crippen molar-refractivity contribution in [2.75, 3.05) is 44.3 Å². The maximum absolute atomic E-state index is 14.5. The number of nitrogens with zero attached hydrogens (tertiary/aromatic N) is 2. The molecule has 0 spiro atoms. The molecule has 1 saturated heterocycles. The summed E-state index contributed by atoms with van der Waals surface area (Å²) in [4.78, 5) is 28.1. The number of Topliss-reactive ketones (excluding diaryl/α,β-unsaturated/α-hetero) is 1. The molecule has 0 atom stereocenters. The molecule has 1 amide bonds. The molecule has 31 heavy (non-hydrogen) atoms. The number of piperazine rings is 1. The van der Waals surface area contributed by atoms with Crippen LogP contribution < -0.4 is 14.4 Å². The Morgan fingerprint density at radius 2 is 1.65 bits per heavy atom. The second-order valence-electron chi connectivity index (χ2n) is 7.44. The Bertz CT molecular complexity index is 939. The molecule has 0 unspecified atom stereocenters. The molecule has 0 aromatic heterocycles. The van der Waals surface area contributed by atoms with E-state index in [4.69, 9.17) is 9.47 Å². The van der Waals surface area contributed by atoms with Crippen molar-refractivity contribution in [2.24, 2.45) is 0 Å². The van der Waals surface area contributed by atoms with E-state index in [1.54, 1.807) is 35.2 Å². The van der Waals surface area contributed by atoms with Crippen LogP contribution >= 0.6 is 0 Å². The van der Waals surface area contributed by atoms with E-state index in [1.807, 2.05) is 18.7 Å². The Morgan fingerprint density at radius 1 is 0.935 bits per heavy atom. The molecule has 3 rings (SSSR count). The fourth-order valence-electron chi connectivity index (χ4n) is 3.56. The van der Waals surface area contributed by atoms with Gasteiger partial charge >= 0.3 is 0 Å². The van der Waals surface area contributed by atoms with Crippen molar-refractivity contribution >= 4 is 17.4 Å². The standard InChI is InChI=1S/C24H29FN2O4/c1-4-14-31-22-9-7-19(16-23(22)30-5-2)24(29)27-12-10-26(11-13-27)21-8-6-18(17(3)28)15-20(21)25/h6-9,15-16H,4-5,10-14H2,1-3H3. The summed E-state index contributed by atoms with van der Waals surface area (Å²) in [5, 5.41) is 0. The van der Waals surface area contributed by atoms with Crippen molar-refractivity contribution in [2.45, 2.75) is 27.2 Å². The zero-order valence-corrected chi connectivity index (χ0v) is 18.3. The van der Waals surface area contributed by atoms with Crippen LogP contribution in [0.1, 0.15) is 47.9 Å². The van der Waals surface area contributed by atoms with E-state index in [-0.39, 0.29) is 11.7 Å². The largest absolute Gasteiger partial charge is 0.490 e. The van der Waals surface area contributed by atoms with E-state index in [1.165, 1.54) is 13.0 Å². The van der Waals surface area contributed by atoms with Crippen LogP contribution in [-0.2, 0) is 0 Å². The number of rotatable bonds is 8. The van der Waals surface area contributed by atoms with Gasteiger partial charge in [-0.1, -0.05) is 6.92 Å². The molecule has 166 valence electrons. The molecule has 2 aromatic rings. The van der Waals surface area contributed by atoms with Crippen LogP contribution in [0.25, 0.3) is 0 Å². The Hall–Kier alpha value is -3.09. The maximum Gasteiger partial charge on any atom is 0.254 e. The number of halogens is 1. The van der Waals surface area contributed by atoms with Gasteiger partial charge in [-0.2, -0.15) is 0 Å². The molecular formula is C24H29FN2O4. The minimum Gasteiger partial charge on any atom is -0.490 e. The van der Waals surface area contributed by atoms with Gasteiger partial charge in [-0.3, -0.25) is 9.59 Å². The number of carbonyl (C=O) groups excluding carboxylic acids is 2. The molecular weight excluding hydrogens is 399 g/mol. The van der Waals surface area contributed by atoms with Gasteiger partial charge in [0.1, 0.15) is 5.82 Å². The van der Waals surface area contributed by atoms with Gasteiger partial charge in [0, 0.05) is 37.3 Å². The third kappa shape index (κ3) is 5.34. The van der Waals surface area contributed by atoms with Gasteiger partial charge in [0.25, 0.3) is 5.91 Å². The Labute approximate surface area is 182 Å². The Kier molecular flexibility index (Phi) is 7.50. The first-order chi connectivity index (χ1) is 14.9. The average molecular weight is 429 g/mol. The zero-order valence-electron chi connectivity index (χ0n) is 18.3. The van der Waals surface area contributed by atoms with Gasteiger partial charge in [-0.25, -0.2) is 4.39 Å². The number of ether oxygens (including phenoxy) is 2. The summed E-state index contributed by atoms with van der Waals surface area (Å²) in [5.74, 6) is 0.521. The first-order valence-corrected chi connectivity index (χ1v) is 10.7. The summed E-state index contributed by atoms with van der Waals surface area (Å²) < 4.78 is 25.8. The number of amides is 1. The van der Waals surface area contributed by atoms with Crippen molar-refractivity contribution in [3.8, 4) is 11.5 Å². The zero-order chi connectivity index (χ0) is 22.4. The van der Waals surface area contributed by atoms with E-state index in [0.29, 0.717) is 67.7 Å². The molecule has 2 aromatic carbocycles. The van der Waals surface area contributed by atoms with Crippen LogP contribution in [-0.4, -0.2) is 56.0 Å². The summed E-state index contributed by atoms with van der Waals surface area (Å²) in [6.07, 6.45) is 0.884. The molecule has 1 aliphatic rings. The molecule has 1 aliphatic heterocycles. The molecule has 1 heterocycles. The van der Waals surface area contributed by atoms with Crippen LogP contribution in [0.5, 0.6) is 11.5 Å². The predicted octanol–water partition coefficient (Wildman–Crippen LogP) is 4.18. The van der Waals surface area contributed by atoms with Crippen molar-refractivity contribution in [1.82, 2.24) is 4.90 Å². The monoisotopic (exact) mass is 428 g/mol.